The number of hydrogen-bond acceptors (Lipinski definition) is 4. The molecule has 2 aromatic rings. The van der Waals surface area contributed by atoms with E-state index in [0.29, 0.717) is 0 Å². The maximum atomic E-state index is 4.53. The molecule has 3 heterocycles. The second kappa shape index (κ2) is 5.36. The zero-order valence-corrected chi connectivity index (χ0v) is 11.1. The molecule has 0 spiro atoms. The van der Waals surface area contributed by atoms with Gasteiger partial charge in [0.2, 0.25) is 0 Å². The average molecular weight is 254 g/mol. The Morgan fingerprint density at radius 2 is 2.21 bits per heavy atom. The fourth-order valence-corrected chi connectivity index (χ4v) is 2.25. The molecule has 0 atom stereocenters. The van der Waals surface area contributed by atoms with Crippen molar-refractivity contribution in [3.63, 3.8) is 0 Å². The summed E-state index contributed by atoms with van der Waals surface area (Å²) in [4.78, 5) is 8.82. The minimum Gasteiger partial charge on any atom is -0.380 e. The topological polar surface area (TPSA) is 49.8 Å². The first-order chi connectivity index (χ1) is 9.31. The van der Waals surface area contributed by atoms with Crippen LogP contribution in [0.15, 0.2) is 30.6 Å². The molecule has 2 aromatic heterocycles. The quantitative estimate of drug-likeness (QED) is 0.880. The normalized spacial score (nSPS) is 13.9. The number of aryl methyl sites for hydroxylation is 1. The van der Waals surface area contributed by atoms with Gasteiger partial charge in [-0.25, -0.2) is 0 Å². The van der Waals surface area contributed by atoms with E-state index < -0.39 is 0 Å². The maximum absolute atomic E-state index is 4.53. The SMILES string of the molecule is Cc1ccc(CNc2cnc3c(c2)CNCC3)cn1. The van der Waals surface area contributed by atoms with Gasteiger partial charge in [0.25, 0.3) is 0 Å². The number of rotatable bonds is 3. The molecule has 4 heteroatoms. The molecular formula is C15H18N4. The fourth-order valence-electron chi connectivity index (χ4n) is 2.25. The van der Waals surface area contributed by atoms with E-state index >= 15 is 0 Å². The molecule has 0 amide bonds. The number of aromatic nitrogens is 2. The van der Waals surface area contributed by atoms with Crippen LogP contribution in [0.25, 0.3) is 0 Å². The Bertz CT molecular complexity index is 563. The van der Waals surface area contributed by atoms with Gasteiger partial charge in [0.05, 0.1) is 11.9 Å². The molecule has 1 aliphatic heterocycles. The van der Waals surface area contributed by atoms with Crippen molar-refractivity contribution < 1.29 is 0 Å². The first-order valence-electron chi connectivity index (χ1n) is 6.65. The number of anilines is 1. The van der Waals surface area contributed by atoms with Crippen LogP contribution in [0.1, 0.15) is 22.5 Å². The standard InChI is InChI=1S/C15H18N4/c1-11-2-3-12(7-17-11)8-18-14-6-13-9-16-5-4-15(13)19-10-14/h2-3,6-7,10,16,18H,4-5,8-9H2,1H3. The van der Waals surface area contributed by atoms with Crippen molar-refractivity contribution in [3.05, 3.63) is 53.1 Å². The van der Waals surface area contributed by atoms with Crippen molar-refractivity contribution in [2.45, 2.75) is 26.4 Å². The summed E-state index contributed by atoms with van der Waals surface area (Å²) >= 11 is 0. The van der Waals surface area contributed by atoms with Gasteiger partial charge >= 0.3 is 0 Å². The first-order valence-corrected chi connectivity index (χ1v) is 6.65. The summed E-state index contributed by atoms with van der Waals surface area (Å²) in [5.41, 5.74) is 5.83. The van der Waals surface area contributed by atoms with Crippen LogP contribution in [0.5, 0.6) is 0 Å². The van der Waals surface area contributed by atoms with Crippen molar-refractivity contribution in [3.8, 4) is 0 Å². The Kier molecular flexibility index (Phi) is 3.42. The summed E-state index contributed by atoms with van der Waals surface area (Å²) in [5, 5.41) is 6.77. The lowest BCUT2D eigenvalue weighted by molar-refractivity contribution is 0.630. The molecular weight excluding hydrogens is 236 g/mol. The van der Waals surface area contributed by atoms with Gasteiger partial charge in [-0.05, 0) is 30.2 Å². The number of nitrogens with zero attached hydrogens (tertiary/aromatic N) is 2. The van der Waals surface area contributed by atoms with Crippen LogP contribution < -0.4 is 10.6 Å². The van der Waals surface area contributed by atoms with Crippen molar-refractivity contribution in [1.29, 1.82) is 0 Å². The largest absolute Gasteiger partial charge is 0.380 e. The predicted octanol–water partition coefficient (Wildman–Crippen LogP) is 2.04. The smallest absolute Gasteiger partial charge is 0.0532 e. The van der Waals surface area contributed by atoms with Crippen LogP contribution in [0, 0.1) is 6.92 Å². The third-order valence-electron chi connectivity index (χ3n) is 3.38. The van der Waals surface area contributed by atoms with E-state index in [-0.39, 0.29) is 0 Å². The molecule has 4 nitrogen and oxygen atoms in total. The third-order valence-corrected chi connectivity index (χ3v) is 3.38. The van der Waals surface area contributed by atoms with Gasteiger partial charge in [0, 0.05) is 43.6 Å². The average Bonchev–Trinajstić information content (AvgIpc) is 2.46. The van der Waals surface area contributed by atoms with Crippen LogP contribution >= 0.6 is 0 Å². The van der Waals surface area contributed by atoms with Gasteiger partial charge in [-0.1, -0.05) is 6.07 Å². The predicted molar refractivity (Wildman–Crippen MR) is 75.9 cm³/mol. The van der Waals surface area contributed by atoms with Gasteiger partial charge in [0.15, 0.2) is 0 Å². The molecule has 0 saturated heterocycles. The van der Waals surface area contributed by atoms with Crippen LogP contribution in [-0.4, -0.2) is 16.5 Å². The third kappa shape index (κ3) is 2.90. The van der Waals surface area contributed by atoms with E-state index in [2.05, 4.69) is 32.7 Å². The lowest BCUT2D eigenvalue weighted by atomic mass is 10.1. The zero-order chi connectivity index (χ0) is 13.1. The summed E-state index contributed by atoms with van der Waals surface area (Å²) in [6.07, 6.45) is 4.86. The maximum Gasteiger partial charge on any atom is 0.0532 e. The van der Waals surface area contributed by atoms with Crippen LogP contribution in [0.3, 0.4) is 0 Å². The van der Waals surface area contributed by atoms with E-state index in [0.717, 1.165) is 37.4 Å². The highest BCUT2D eigenvalue weighted by Crippen LogP contribution is 2.16. The molecule has 0 bridgehead atoms. The van der Waals surface area contributed by atoms with Crippen molar-refractivity contribution >= 4 is 5.69 Å². The molecule has 0 radical (unpaired) electrons. The summed E-state index contributed by atoms with van der Waals surface area (Å²) in [6, 6.07) is 6.32. The molecule has 0 aliphatic carbocycles. The zero-order valence-electron chi connectivity index (χ0n) is 11.1. The highest BCUT2D eigenvalue weighted by atomic mass is 14.9. The van der Waals surface area contributed by atoms with Gasteiger partial charge in [-0.3, -0.25) is 9.97 Å². The summed E-state index contributed by atoms with van der Waals surface area (Å²) in [5.74, 6) is 0. The minimum absolute atomic E-state index is 0.779. The lowest BCUT2D eigenvalue weighted by Gasteiger charge is -2.17. The Morgan fingerprint density at radius 1 is 1.26 bits per heavy atom. The molecule has 2 N–H and O–H groups in total. The molecule has 1 aliphatic rings. The van der Waals surface area contributed by atoms with Crippen LogP contribution in [0.4, 0.5) is 5.69 Å². The molecule has 0 fully saturated rings. The van der Waals surface area contributed by atoms with Gasteiger partial charge in [-0.15, -0.1) is 0 Å². The number of hydrogen-bond donors (Lipinski definition) is 2. The van der Waals surface area contributed by atoms with E-state index in [1.165, 1.54) is 16.8 Å². The number of fused-ring (bicyclic) bond motifs is 1. The molecule has 98 valence electrons. The van der Waals surface area contributed by atoms with Crippen LogP contribution in [-0.2, 0) is 19.5 Å². The summed E-state index contributed by atoms with van der Waals surface area (Å²) < 4.78 is 0. The lowest BCUT2D eigenvalue weighted by Crippen LogP contribution is -2.24. The fraction of sp³-hybridized carbons (Fsp3) is 0.333. The Balaban J connectivity index is 1.68. The molecule has 19 heavy (non-hydrogen) atoms. The molecule has 3 rings (SSSR count). The molecule has 0 unspecified atom stereocenters. The highest BCUT2D eigenvalue weighted by molar-refractivity contribution is 5.46. The highest BCUT2D eigenvalue weighted by Gasteiger charge is 2.10. The van der Waals surface area contributed by atoms with Crippen molar-refractivity contribution in [2.75, 3.05) is 11.9 Å². The Labute approximate surface area is 113 Å². The van der Waals surface area contributed by atoms with Gasteiger partial charge < -0.3 is 10.6 Å². The summed E-state index contributed by atoms with van der Waals surface area (Å²) in [7, 11) is 0. The minimum atomic E-state index is 0.779. The number of pyridine rings is 2. The monoisotopic (exact) mass is 254 g/mol. The second-order valence-electron chi connectivity index (χ2n) is 4.92. The van der Waals surface area contributed by atoms with E-state index in [1.54, 1.807) is 0 Å². The molecule has 0 saturated carbocycles. The van der Waals surface area contributed by atoms with Crippen molar-refractivity contribution in [1.82, 2.24) is 15.3 Å². The Morgan fingerprint density at radius 3 is 3.05 bits per heavy atom. The number of nitrogens with one attached hydrogen (secondary N) is 2. The molecule has 0 aromatic carbocycles. The second-order valence-corrected chi connectivity index (χ2v) is 4.92. The van der Waals surface area contributed by atoms with Gasteiger partial charge in [-0.2, -0.15) is 0 Å². The van der Waals surface area contributed by atoms with Crippen molar-refractivity contribution in [2.24, 2.45) is 0 Å². The first kappa shape index (κ1) is 12.1. The van der Waals surface area contributed by atoms with Gasteiger partial charge in [0.1, 0.15) is 0 Å². The Hall–Kier alpha value is -1.94. The summed E-state index contributed by atoms with van der Waals surface area (Å²) in [6.45, 7) is 4.73. The van der Waals surface area contributed by atoms with E-state index in [4.69, 9.17) is 0 Å². The van der Waals surface area contributed by atoms with E-state index in [9.17, 15) is 0 Å². The van der Waals surface area contributed by atoms with Crippen LogP contribution in [0.2, 0.25) is 0 Å². The van der Waals surface area contributed by atoms with E-state index in [1.807, 2.05) is 25.4 Å².